The summed E-state index contributed by atoms with van der Waals surface area (Å²) in [6.45, 7) is 2.74. The molecule has 0 aliphatic carbocycles. The predicted octanol–water partition coefficient (Wildman–Crippen LogP) is 0.347. The van der Waals surface area contributed by atoms with E-state index >= 15 is 0 Å². The van der Waals surface area contributed by atoms with Gasteiger partial charge in [0.1, 0.15) is 16.2 Å². The molecule has 1 fully saturated rings. The third kappa shape index (κ3) is 5.36. The SMILES string of the molecule is COc1c(/C=C/C(=O)NCN2CCOCC2)c(NS(=O)(=O)c2ccccc2)cc2c1C(=O)NS2(=O)=O. The van der Waals surface area contributed by atoms with Gasteiger partial charge in [0, 0.05) is 24.7 Å². The van der Waals surface area contributed by atoms with Crippen molar-refractivity contribution in [2.45, 2.75) is 9.79 Å². The Morgan fingerprint density at radius 2 is 1.92 bits per heavy atom. The fourth-order valence-corrected chi connectivity index (χ4v) is 6.01. The number of benzene rings is 2. The van der Waals surface area contributed by atoms with E-state index in [9.17, 15) is 26.4 Å². The van der Waals surface area contributed by atoms with Gasteiger partial charge in [-0.2, -0.15) is 0 Å². The van der Waals surface area contributed by atoms with E-state index in [-0.39, 0.29) is 34.1 Å². The summed E-state index contributed by atoms with van der Waals surface area (Å²) in [5.41, 5.74) is -0.468. The topological polar surface area (TPSA) is 160 Å². The number of methoxy groups -OCH3 is 1. The lowest BCUT2D eigenvalue weighted by Gasteiger charge is -2.26. The van der Waals surface area contributed by atoms with Crippen LogP contribution in [0.3, 0.4) is 0 Å². The van der Waals surface area contributed by atoms with Crippen molar-refractivity contribution in [3.8, 4) is 5.75 Å². The first-order valence-electron chi connectivity index (χ1n) is 10.8. The minimum absolute atomic E-state index is 0.00419. The Hall–Kier alpha value is -3.46. The summed E-state index contributed by atoms with van der Waals surface area (Å²) in [6.07, 6.45) is 2.40. The number of carbonyl (C=O) groups excluding carboxylic acids is 2. The molecular formula is C22H24N4O8S2. The lowest BCUT2D eigenvalue weighted by atomic mass is 10.0. The molecule has 14 heteroatoms. The fourth-order valence-electron chi connectivity index (χ4n) is 3.74. The molecule has 0 spiro atoms. The second-order valence-corrected chi connectivity index (χ2v) is 11.2. The smallest absolute Gasteiger partial charge is 0.270 e. The maximum Gasteiger partial charge on any atom is 0.270 e. The van der Waals surface area contributed by atoms with Gasteiger partial charge in [-0.15, -0.1) is 0 Å². The van der Waals surface area contributed by atoms with E-state index in [4.69, 9.17) is 9.47 Å². The predicted molar refractivity (Wildman–Crippen MR) is 129 cm³/mol. The van der Waals surface area contributed by atoms with Crippen LogP contribution in [0.1, 0.15) is 15.9 Å². The zero-order chi connectivity index (χ0) is 25.9. The molecule has 2 aromatic carbocycles. The lowest BCUT2D eigenvalue weighted by Crippen LogP contribution is -2.43. The van der Waals surface area contributed by atoms with Gasteiger partial charge in [-0.3, -0.25) is 19.2 Å². The van der Waals surface area contributed by atoms with Crippen molar-refractivity contribution >= 4 is 43.6 Å². The Morgan fingerprint density at radius 3 is 2.58 bits per heavy atom. The minimum Gasteiger partial charge on any atom is -0.495 e. The molecule has 0 unspecified atom stereocenters. The van der Waals surface area contributed by atoms with E-state index in [0.717, 1.165) is 12.1 Å². The van der Waals surface area contributed by atoms with E-state index in [0.29, 0.717) is 26.3 Å². The Labute approximate surface area is 208 Å². The van der Waals surface area contributed by atoms with Crippen LogP contribution in [0.2, 0.25) is 0 Å². The number of nitrogens with zero attached hydrogens (tertiary/aromatic N) is 1. The van der Waals surface area contributed by atoms with Crippen molar-refractivity contribution in [3.63, 3.8) is 0 Å². The van der Waals surface area contributed by atoms with Crippen LogP contribution >= 0.6 is 0 Å². The summed E-state index contributed by atoms with van der Waals surface area (Å²) in [5, 5.41) is 2.72. The quantitative estimate of drug-likeness (QED) is 0.404. The molecule has 1 saturated heterocycles. The van der Waals surface area contributed by atoms with Crippen LogP contribution in [0.5, 0.6) is 5.75 Å². The van der Waals surface area contributed by atoms with E-state index in [2.05, 4.69) is 10.0 Å². The van der Waals surface area contributed by atoms with Crippen LogP contribution in [-0.2, 0) is 29.6 Å². The first kappa shape index (κ1) is 25.6. The molecule has 0 bridgehead atoms. The third-order valence-electron chi connectivity index (χ3n) is 5.51. The molecule has 36 heavy (non-hydrogen) atoms. The highest BCUT2D eigenvalue weighted by molar-refractivity contribution is 7.92. The van der Waals surface area contributed by atoms with Gasteiger partial charge in [0.25, 0.3) is 26.0 Å². The van der Waals surface area contributed by atoms with E-state index in [1.54, 1.807) is 6.07 Å². The largest absolute Gasteiger partial charge is 0.495 e. The van der Waals surface area contributed by atoms with Gasteiger partial charge in [-0.1, -0.05) is 18.2 Å². The summed E-state index contributed by atoms with van der Waals surface area (Å²) in [7, 11) is -7.18. The number of carbonyl (C=O) groups is 2. The van der Waals surface area contributed by atoms with Crippen LogP contribution in [0.15, 0.2) is 52.3 Å². The van der Waals surface area contributed by atoms with Gasteiger partial charge in [-0.05, 0) is 24.3 Å². The second-order valence-electron chi connectivity index (χ2n) is 7.86. The van der Waals surface area contributed by atoms with Crippen LogP contribution in [0.25, 0.3) is 6.08 Å². The number of morpholine rings is 1. The fraction of sp³-hybridized carbons (Fsp3) is 0.273. The summed E-state index contributed by atoms with van der Waals surface area (Å²) >= 11 is 0. The Balaban J connectivity index is 1.72. The second kappa shape index (κ2) is 10.3. The molecule has 2 amide bonds. The minimum atomic E-state index is -4.23. The zero-order valence-electron chi connectivity index (χ0n) is 19.2. The highest BCUT2D eigenvalue weighted by atomic mass is 32.2. The number of nitrogens with one attached hydrogen (secondary N) is 3. The molecule has 4 rings (SSSR count). The highest BCUT2D eigenvalue weighted by Gasteiger charge is 2.38. The third-order valence-corrected chi connectivity index (χ3v) is 8.25. The average Bonchev–Trinajstić information content (AvgIpc) is 3.09. The molecule has 0 aromatic heterocycles. The van der Waals surface area contributed by atoms with Crippen LogP contribution < -0.4 is 19.5 Å². The number of hydrogen-bond donors (Lipinski definition) is 3. The molecule has 0 saturated carbocycles. The Morgan fingerprint density at radius 1 is 1.22 bits per heavy atom. The van der Waals surface area contributed by atoms with Gasteiger partial charge in [-0.25, -0.2) is 21.6 Å². The molecule has 12 nitrogen and oxygen atoms in total. The Bertz CT molecular complexity index is 1420. The number of fused-ring (bicyclic) bond motifs is 1. The van der Waals surface area contributed by atoms with E-state index in [1.807, 2.05) is 9.62 Å². The normalized spacial score (nSPS) is 17.4. The number of rotatable bonds is 8. The van der Waals surface area contributed by atoms with Crippen LogP contribution in [0, 0.1) is 0 Å². The molecule has 3 N–H and O–H groups in total. The van der Waals surface area contributed by atoms with Crippen molar-refractivity contribution in [2.24, 2.45) is 0 Å². The monoisotopic (exact) mass is 536 g/mol. The van der Waals surface area contributed by atoms with Gasteiger partial charge in [0.05, 0.1) is 37.6 Å². The lowest BCUT2D eigenvalue weighted by molar-refractivity contribution is -0.117. The standard InChI is InChI=1S/C22H24N4O8S2/c1-33-21-16(7-8-19(27)23-14-26-9-11-34-12-10-26)17(13-18-20(21)22(28)25-36(18,31)32)24-35(29,30)15-5-3-2-4-6-15/h2-8,13,24H,9-12,14H2,1H3,(H,23,27)(H,25,28)/b8-7+. The number of ether oxygens (including phenoxy) is 2. The first-order valence-corrected chi connectivity index (χ1v) is 13.7. The maximum atomic E-state index is 13.0. The molecule has 2 heterocycles. The number of sulfonamides is 2. The molecule has 192 valence electrons. The Kier molecular flexibility index (Phi) is 7.31. The van der Waals surface area contributed by atoms with Crippen molar-refractivity contribution in [1.29, 1.82) is 0 Å². The van der Waals surface area contributed by atoms with Gasteiger partial charge in [0.2, 0.25) is 5.91 Å². The van der Waals surface area contributed by atoms with Crippen molar-refractivity contribution < 1.29 is 35.9 Å². The summed E-state index contributed by atoms with van der Waals surface area (Å²) in [6, 6.07) is 8.46. The summed E-state index contributed by atoms with van der Waals surface area (Å²) in [5.74, 6) is -1.61. The summed E-state index contributed by atoms with van der Waals surface area (Å²) < 4.78 is 65.7. The first-order chi connectivity index (χ1) is 17.1. The van der Waals surface area contributed by atoms with E-state index < -0.39 is 36.8 Å². The molecule has 2 aromatic rings. The summed E-state index contributed by atoms with van der Waals surface area (Å²) in [4.78, 5) is 26.4. The van der Waals surface area contributed by atoms with Crippen molar-refractivity contribution in [1.82, 2.24) is 14.9 Å². The van der Waals surface area contributed by atoms with Gasteiger partial charge >= 0.3 is 0 Å². The van der Waals surface area contributed by atoms with E-state index in [1.165, 1.54) is 37.5 Å². The number of hydrogen-bond acceptors (Lipinski definition) is 9. The van der Waals surface area contributed by atoms with Crippen molar-refractivity contribution in [3.05, 3.63) is 53.6 Å². The molecule has 0 radical (unpaired) electrons. The number of amides is 2. The molecule has 2 aliphatic heterocycles. The van der Waals surface area contributed by atoms with Crippen molar-refractivity contribution in [2.75, 3.05) is 44.8 Å². The maximum absolute atomic E-state index is 13.0. The van der Waals surface area contributed by atoms with Gasteiger partial charge in [0.15, 0.2) is 0 Å². The molecule has 2 aliphatic rings. The molecule has 0 atom stereocenters. The molecular weight excluding hydrogens is 512 g/mol. The van der Waals surface area contributed by atoms with Crippen LogP contribution in [-0.4, -0.2) is 73.6 Å². The highest BCUT2D eigenvalue weighted by Crippen LogP contribution is 2.40. The average molecular weight is 537 g/mol. The number of anilines is 1. The zero-order valence-corrected chi connectivity index (χ0v) is 20.8. The van der Waals surface area contributed by atoms with Gasteiger partial charge < -0.3 is 14.8 Å². The van der Waals surface area contributed by atoms with Crippen LogP contribution in [0.4, 0.5) is 5.69 Å².